The van der Waals surface area contributed by atoms with Gasteiger partial charge in [0, 0.05) is 6.54 Å². The van der Waals surface area contributed by atoms with Crippen molar-refractivity contribution in [1.29, 1.82) is 0 Å². The van der Waals surface area contributed by atoms with Crippen LogP contribution in [0.1, 0.15) is 30.4 Å². The van der Waals surface area contributed by atoms with Gasteiger partial charge < -0.3 is 11.1 Å². The molecule has 0 aliphatic heterocycles. The van der Waals surface area contributed by atoms with E-state index in [0.29, 0.717) is 18.0 Å². The zero-order valence-corrected chi connectivity index (χ0v) is 11.6. The number of carbonyl (C=O) groups is 1. The van der Waals surface area contributed by atoms with E-state index in [9.17, 15) is 4.79 Å². The normalized spacial score (nSPS) is 10.1. The molecular formula is C14H20N2OS. The molecular weight excluding hydrogens is 244 g/mol. The van der Waals surface area contributed by atoms with E-state index in [1.807, 2.05) is 31.2 Å². The molecule has 1 amide bonds. The van der Waals surface area contributed by atoms with E-state index in [-0.39, 0.29) is 5.91 Å². The van der Waals surface area contributed by atoms with E-state index in [2.05, 4.69) is 5.32 Å². The third-order valence-electron chi connectivity index (χ3n) is 2.66. The van der Waals surface area contributed by atoms with Gasteiger partial charge in [-0.3, -0.25) is 4.79 Å². The summed E-state index contributed by atoms with van der Waals surface area (Å²) < 4.78 is 0. The van der Waals surface area contributed by atoms with Crippen molar-refractivity contribution in [3.8, 4) is 0 Å². The smallest absolute Gasteiger partial charge is 0.224 e. The van der Waals surface area contributed by atoms with Crippen molar-refractivity contribution in [2.24, 2.45) is 5.73 Å². The van der Waals surface area contributed by atoms with E-state index in [1.54, 1.807) is 0 Å². The topological polar surface area (TPSA) is 55.1 Å². The van der Waals surface area contributed by atoms with E-state index < -0.39 is 0 Å². The minimum atomic E-state index is 0.0641. The Hall–Kier alpha value is -1.42. The largest absolute Gasteiger partial charge is 0.393 e. The molecule has 0 atom stereocenters. The SMILES string of the molecule is Cc1ccc(CC(=O)NCCCCC(N)=S)cc1. The fraction of sp³-hybridized carbons (Fsp3) is 0.429. The summed E-state index contributed by atoms with van der Waals surface area (Å²) in [4.78, 5) is 12.2. The Morgan fingerprint density at radius 3 is 2.56 bits per heavy atom. The van der Waals surface area contributed by atoms with Crippen LogP contribution in [0.2, 0.25) is 0 Å². The number of aryl methyl sites for hydroxylation is 1. The van der Waals surface area contributed by atoms with Crippen LogP contribution in [0.5, 0.6) is 0 Å². The van der Waals surface area contributed by atoms with Crippen LogP contribution in [0.4, 0.5) is 0 Å². The summed E-state index contributed by atoms with van der Waals surface area (Å²) in [6.07, 6.45) is 3.04. The highest BCUT2D eigenvalue weighted by molar-refractivity contribution is 7.80. The van der Waals surface area contributed by atoms with Crippen LogP contribution in [0, 0.1) is 6.92 Å². The zero-order chi connectivity index (χ0) is 13.4. The number of nitrogens with one attached hydrogen (secondary N) is 1. The molecule has 0 aliphatic rings. The van der Waals surface area contributed by atoms with Crippen LogP contribution in [-0.2, 0) is 11.2 Å². The van der Waals surface area contributed by atoms with Crippen molar-refractivity contribution in [1.82, 2.24) is 5.32 Å². The molecule has 0 spiro atoms. The molecule has 1 aromatic carbocycles. The van der Waals surface area contributed by atoms with Gasteiger partial charge in [0.25, 0.3) is 0 Å². The number of nitrogens with two attached hydrogens (primary N) is 1. The highest BCUT2D eigenvalue weighted by Crippen LogP contribution is 2.03. The third-order valence-corrected chi connectivity index (χ3v) is 2.86. The number of unbranched alkanes of at least 4 members (excludes halogenated alkanes) is 1. The number of hydrogen-bond acceptors (Lipinski definition) is 2. The lowest BCUT2D eigenvalue weighted by molar-refractivity contribution is -0.120. The van der Waals surface area contributed by atoms with Gasteiger partial charge in [-0.25, -0.2) is 0 Å². The highest BCUT2D eigenvalue weighted by Gasteiger charge is 2.02. The van der Waals surface area contributed by atoms with Gasteiger partial charge >= 0.3 is 0 Å². The minimum Gasteiger partial charge on any atom is -0.393 e. The predicted molar refractivity (Wildman–Crippen MR) is 78.5 cm³/mol. The van der Waals surface area contributed by atoms with Crippen molar-refractivity contribution in [2.45, 2.75) is 32.6 Å². The third kappa shape index (κ3) is 6.35. The highest BCUT2D eigenvalue weighted by atomic mass is 32.1. The average Bonchev–Trinajstić information content (AvgIpc) is 2.31. The summed E-state index contributed by atoms with van der Waals surface area (Å²) >= 11 is 4.78. The standard InChI is InChI=1S/C14H20N2OS/c1-11-5-7-12(8-6-11)10-14(17)16-9-3-2-4-13(15)18/h5-8H,2-4,9-10H2,1H3,(H2,15,18)(H,16,17). The molecule has 0 heterocycles. The van der Waals surface area contributed by atoms with Crippen molar-refractivity contribution in [3.05, 3.63) is 35.4 Å². The molecule has 3 nitrogen and oxygen atoms in total. The number of carbonyl (C=O) groups excluding carboxylic acids is 1. The van der Waals surface area contributed by atoms with Gasteiger partial charge in [0.05, 0.1) is 11.4 Å². The second kappa shape index (κ2) is 7.82. The summed E-state index contributed by atoms with van der Waals surface area (Å²) in [7, 11) is 0. The van der Waals surface area contributed by atoms with Crippen molar-refractivity contribution < 1.29 is 4.79 Å². The van der Waals surface area contributed by atoms with Gasteiger partial charge in [-0.2, -0.15) is 0 Å². The van der Waals surface area contributed by atoms with Crippen LogP contribution in [0.25, 0.3) is 0 Å². The number of thiocarbonyl (C=S) groups is 1. The Bertz CT molecular complexity index is 401. The zero-order valence-electron chi connectivity index (χ0n) is 10.7. The van der Waals surface area contributed by atoms with E-state index in [0.717, 1.165) is 24.8 Å². The Kier molecular flexibility index (Phi) is 6.36. The van der Waals surface area contributed by atoms with Gasteiger partial charge in [-0.15, -0.1) is 0 Å². The van der Waals surface area contributed by atoms with E-state index >= 15 is 0 Å². The molecule has 0 bridgehead atoms. The second-order valence-electron chi connectivity index (χ2n) is 4.44. The van der Waals surface area contributed by atoms with Crippen molar-refractivity contribution in [2.75, 3.05) is 6.54 Å². The molecule has 3 N–H and O–H groups in total. The quantitative estimate of drug-likeness (QED) is 0.586. The molecule has 1 rings (SSSR count). The Morgan fingerprint density at radius 2 is 1.94 bits per heavy atom. The second-order valence-corrected chi connectivity index (χ2v) is 4.96. The fourth-order valence-corrected chi connectivity index (χ4v) is 1.75. The molecule has 0 aromatic heterocycles. The Labute approximate surface area is 114 Å². The van der Waals surface area contributed by atoms with Gasteiger partial charge in [-0.05, 0) is 31.7 Å². The average molecular weight is 264 g/mol. The predicted octanol–water partition coefficient (Wildman–Crippen LogP) is 2.11. The molecule has 0 aliphatic carbocycles. The van der Waals surface area contributed by atoms with E-state index in [4.69, 9.17) is 18.0 Å². The van der Waals surface area contributed by atoms with Crippen LogP contribution >= 0.6 is 12.2 Å². The maximum Gasteiger partial charge on any atom is 0.224 e. The van der Waals surface area contributed by atoms with Crippen molar-refractivity contribution in [3.63, 3.8) is 0 Å². The lowest BCUT2D eigenvalue weighted by Crippen LogP contribution is -2.26. The molecule has 0 unspecified atom stereocenters. The molecule has 0 saturated heterocycles. The summed E-state index contributed by atoms with van der Waals surface area (Å²) in [6, 6.07) is 8.01. The van der Waals surface area contributed by atoms with Crippen LogP contribution in [0.3, 0.4) is 0 Å². The number of rotatable bonds is 7. The summed E-state index contributed by atoms with van der Waals surface area (Å²) in [6.45, 7) is 2.72. The van der Waals surface area contributed by atoms with Gasteiger partial charge in [0.2, 0.25) is 5.91 Å². The maximum atomic E-state index is 11.6. The molecule has 0 fully saturated rings. The van der Waals surface area contributed by atoms with E-state index in [1.165, 1.54) is 5.56 Å². The monoisotopic (exact) mass is 264 g/mol. The number of benzene rings is 1. The first-order valence-electron chi connectivity index (χ1n) is 6.18. The minimum absolute atomic E-state index is 0.0641. The van der Waals surface area contributed by atoms with Crippen molar-refractivity contribution >= 4 is 23.1 Å². The number of amides is 1. The van der Waals surface area contributed by atoms with Gasteiger partial charge in [-0.1, -0.05) is 42.0 Å². The molecule has 4 heteroatoms. The maximum absolute atomic E-state index is 11.6. The Balaban J connectivity index is 2.17. The molecule has 1 aromatic rings. The Morgan fingerprint density at radius 1 is 1.28 bits per heavy atom. The first-order valence-corrected chi connectivity index (χ1v) is 6.59. The molecule has 0 saturated carbocycles. The summed E-state index contributed by atoms with van der Waals surface area (Å²) in [5, 5.41) is 2.90. The van der Waals surface area contributed by atoms with Crippen LogP contribution in [0.15, 0.2) is 24.3 Å². The lowest BCUT2D eigenvalue weighted by atomic mass is 10.1. The molecule has 18 heavy (non-hydrogen) atoms. The summed E-state index contributed by atoms with van der Waals surface area (Å²) in [5.41, 5.74) is 7.64. The first kappa shape index (κ1) is 14.6. The fourth-order valence-electron chi connectivity index (χ4n) is 1.61. The number of hydrogen-bond donors (Lipinski definition) is 2. The summed E-state index contributed by atoms with van der Waals surface area (Å²) in [5.74, 6) is 0.0641. The van der Waals surface area contributed by atoms with Gasteiger partial charge in [0.15, 0.2) is 0 Å². The van der Waals surface area contributed by atoms with Crippen LogP contribution in [-0.4, -0.2) is 17.4 Å². The first-order chi connectivity index (χ1) is 8.58. The van der Waals surface area contributed by atoms with Crippen LogP contribution < -0.4 is 11.1 Å². The molecule has 0 radical (unpaired) electrons. The lowest BCUT2D eigenvalue weighted by Gasteiger charge is -2.05. The molecule has 98 valence electrons. The van der Waals surface area contributed by atoms with Gasteiger partial charge in [0.1, 0.15) is 0 Å².